The molecular weight excluding hydrogens is 346 g/mol. The molecule has 0 fully saturated rings. The van der Waals surface area contributed by atoms with Gasteiger partial charge in [-0.25, -0.2) is 4.79 Å². The Bertz CT molecular complexity index is 506. The minimum atomic E-state index is -4.98. The van der Waals surface area contributed by atoms with Crippen molar-refractivity contribution in [2.75, 3.05) is 7.11 Å². The number of hydrogen-bond donors (Lipinski definition) is 0. The summed E-state index contributed by atoms with van der Waals surface area (Å²) in [4.78, 5) is 11.2. The van der Waals surface area contributed by atoms with Gasteiger partial charge in [0.25, 0.3) is 0 Å². The monoisotopic (exact) mass is 350 g/mol. The van der Waals surface area contributed by atoms with Gasteiger partial charge in [0.15, 0.2) is 0 Å². The highest BCUT2D eigenvalue weighted by Crippen LogP contribution is 2.41. The van der Waals surface area contributed by atoms with E-state index in [2.05, 4.69) is 20.7 Å². The van der Waals surface area contributed by atoms with Gasteiger partial charge in [-0.2, -0.15) is 26.3 Å². The van der Waals surface area contributed by atoms with E-state index in [4.69, 9.17) is 0 Å². The lowest BCUT2D eigenvalue weighted by Crippen LogP contribution is -2.17. The predicted octanol–water partition coefficient (Wildman–Crippen LogP) is 4.27. The zero-order valence-corrected chi connectivity index (χ0v) is 10.7. The van der Waals surface area contributed by atoms with Crippen LogP contribution in [0.25, 0.3) is 0 Å². The summed E-state index contributed by atoms with van der Waals surface area (Å²) in [6.45, 7) is 0. The molecule has 0 amide bonds. The average Bonchev–Trinajstić information content (AvgIpc) is 2.24. The summed E-state index contributed by atoms with van der Waals surface area (Å²) in [5.74, 6) is -1.50. The number of carbonyl (C=O) groups is 1. The first kappa shape index (κ1) is 15.8. The summed E-state index contributed by atoms with van der Waals surface area (Å²) in [6.07, 6.45) is -9.87. The van der Waals surface area contributed by atoms with Gasteiger partial charge in [-0.05, 0) is 12.1 Å². The van der Waals surface area contributed by atoms with Gasteiger partial charge in [0.1, 0.15) is 0 Å². The highest BCUT2D eigenvalue weighted by Gasteiger charge is 2.40. The average molecular weight is 351 g/mol. The summed E-state index contributed by atoms with van der Waals surface area (Å²) in [5, 5.41) is 0. The summed E-state index contributed by atoms with van der Waals surface area (Å²) < 4.78 is 78.9. The minimum absolute atomic E-state index is 0.110. The van der Waals surface area contributed by atoms with Gasteiger partial charge in [0, 0.05) is 4.47 Å². The van der Waals surface area contributed by atoms with Crippen molar-refractivity contribution >= 4 is 21.9 Å². The van der Waals surface area contributed by atoms with Crippen LogP contribution in [0.4, 0.5) is 26.3 Å². The minimum Gasteiger partial charge on any atom is -0.465 e. The molecule has 0 unspecified atom stereocenters. The van der Waals surface area contributed by atoms with E-state index in [1.807, 2.05) is 0 Å². The number of methoxy groups -OCH3 is 1. The molecule has 106 valence electrons. The van der Waals surface area contributed by atoms with Crippen molar-refractivity contribution in [1.29, 1.82) is 0 Å². The molecule has 0 atom stereocenters. The molecule has 0 aliphatic heterocycles. The van der Waals surface area contributed by atoms with Crippen LogP contribution in [0.15, 0.2) is 16.6 Å². The van der Waals surface area contributed by atoms with Crippen molar-refractivity contribution in [1.82, 2.24) is 0 Å². The third kappa shape index (κ3) is 3.40. The third-order valence-corrected chi connectivity index (χ3v) is 2.78. The maximum atomic E-state index is 12.6. The lowest BCUT2D eigenvalue weighted by molar-refractivity contribution is -0.142. The summed E-state index contributed by atoms with van der Waals surface area (Å²) in [5.41, 5.74) is -4.08. The maximum absolute atomic E-state index is 12.6. The predicted molar refractivity (Wildman–Crippen MR) is 55.5 cm³/mol. The Morgan fingerprint density at radius 2 is 1.53 bits per heavy atom. The van der Waals surface area contributed by atoms with Gasteiger partial charge < -0.3 is 4.74 Å². The molecule has 0 aromatic heterocycles. The first-order valence-electron chi connectivity index (χ1n) is 4.54. The van der Waals surface area contributed by atoms with Crippen LogP contribution in [0.3, 0.4) is 0 Å². The van der Waals surface area contributed by atoms with Gasteiger partial charge in [-0.1, -0.05) is 15.9 Å². The van der Waals surface area contributed by atoms with E-state index in [0.717, 1.165) is 7.11 Å². The lowest BCUT2D eigenvalue weighted by Gasteiger charge is -2.16. The summed E-state index contributed by atoms with van der Waals surface area (Å²) in [7, 11) is 0.776. The topological polar surface area (TPSA) is 26.3 Å². The molecule has 0 heterocycles. The van der Waals surface area contributed by atoms with Gasteiger partial charge >= 0.3 is 18.3 Å². The molecule has 0 saturated carbocycles. The number of rotatable bonds is 1. The molecule has 2 nitrogen and oxygen atoms in total. The standard InChI is InChI=1S/C10H5BrF6O2/c1-19-8(18)4-2-6(10(15,16)17)7(11)3-5(4)9(12,13)14/h2-3H,1H3. The second-order valence-electron chi connectivity index (χ2n) is 3.36. The molecule has 0 bridgehead atoms. The highest BCUT2D eigenvalue weighted by atomic mass is 79.9. The second kappa shape index (κ2) is 5.03. The lowest BCUT2D eigenvalue weighted by atomic mass is 10.0. The normalized spacial score (nSPS) is 12.4. The molecule has 0 N–H and O–H groups in total. The Balaban J connectivity index is 3.60. The molecule has 0 aliphatic rings. The van der Waals surface area contributed by atoms with Crippen molar-refractivity contribution in [2.45, 2.75) is 12.4 Å². The van der Waals surface area contributed by atoms with Crippen LogP contribution < -0.4 is 0 Å². The Hall–Kier alpha value is -1.25. The number of esters is 1. The van der Waals surface area contributed by atoms with Crippen LogP contribution in [0.5, 0.6) is 0 Å². The number of halogens is 7. The molecule has 1 rings (SSSR count). The molecule has 0 radical (unpaired) electrons. The SMILES string of the molecule is COC(=O)c1cc(C(F)(F)F)c(Br)cc1C(F)(F)F. The number of hydrogen-bond acceptors (Lipinski definition) is 2. The van der Waals surface area contributed by atoms with Crippen molar-refractivity contribution in [3.8, 4) is 0 Å². The van der Waals surface area contributed by atoms with E-state index in [0.29, 0.717) is 0 Å². The van der Waals surface area contributed by atoms with Crippen molar-refractivity contribution < 1.29 is 35.9 Å². The third-order valence-electron chi connectivity index (χ3n) is 2.12. The summed E-state index contributed by atoms with van der Waals surface area (Å²) >= 11 is 2.41. The molecule has 0 aliphatic carbocycles. The fourth-order valence-electron chi connectivity index (χ4n) is 1.30. The van der Waals surface area contributed by atoms with Crippen molar-refractivity contribution in [3.63, 3.8) is 0 Å². The molecular formula is C10H5BrF6O2. The highest BCUT2D eigenvalue weighted by molar-refractivity contribution is 9.10. The van der Waals surface area contributed by atoms with Crippen LogP contribution in [0.2, 0.25) is 0 Å². The van der Waals surface area contributed by atoms with Gasteiger partial charge in [-0.15, -0.1) is 0 Å². The quantitative estimate of drug-likeness (QED) is 0.558. The van der Waals surface area contributed by atoms with Gasteiger partial charge in [0.2, 0.25) is 0 Å². The zero-order valence-electron chi connectivity index (χ0n) is 9.12. The van der Waals surface area contributed by atoms with Gasteiger partial charge in [0.05, 0.1) is 23.8 Å². The second-order valence-corrected chi connectivity index (χ2v) is 4.22. The number of alkyl halides is 6. The maximum Gasteiger partial charge on any atom is 0.417 e. The fourth-order valence-corrected chi connectivity index (χ4v) is 1.87. The van der Waals surface area contributed by atoms with E-state index < -0.39 is 39.5 Å². The number of benzene rings is 1. The van der Waals surface area contributed by atoms with Crippen LogP contribution in [-0.2, 0) is 17.1 Å². The first-order valence-corrected chi connectivity index (χ1v) is 5.34. The van der Waals surface area contributed by atoms with E-state index in [1.165, 1.54) is 0 Å². The van der Waals surface area contributed by atoms with Gasteiger partial charge in [-0.3, -0.25) is 0 Å². The van der Waals surface area contributed by atoms with Crippen molar-refractivity contribution in [3.05, 3.63) is 33.3 Å². The Morgan fingerprint density at radius 3 is 1.89 bits per heavy atom. The van der Waals surface area contributed by atoms with E-state index >= 15 is 0 Å². The Kier molecular flexibility index (Phi) is 4.18. The Morgan fingerprint density at radius 1 is 1.05 bits per heavy atom. The first-order chi connectivity index (χ1) is 8.48. The summed E-state index contributed by atoms with van der Waals surface area (Å²) in [6, 6.07) is 0.313. The van der Waals surface area contributed by atoms with Crippen LogP contribution >= 0.6 is 15.9 Å². The molecule has 9 heteroatoms. The molecule has 19 heavy (non-hydrogen) atoms. The Labute approximate surface area is 111 Å². The molecule has 0 saturated heterocycles. The van der Waals surface area contributed by atoms with Crippen LogP contribution in [-0.4, -0.2) is 13.1 Å². The number of ether oxygens (including phenoxy) is 1. The van der Waals surface area contributed by atoms with E-state index in [9.17, 15) is 31.1 Å². The molecule has 0 spiro atoms. The van der Waals surface area contributed by atoms with Crippen LogP contribution in [0, 0.1) is 0 Å². The van der Waals surface area contributed by atoms with E-state index in [1.54, 1.807) is 0 Å². The smallest absolute Gasteiger partial charge is 0.417 e. The van der Waals surface area contributed by atoms with Crippen LogP contribution in [0.1, 0.15) is 21.5 Å². The number of carbonyl (C=O) groups excluding carboxylic acids is 1. The largest absolute Gasteiger partial charge is 0.465 e. The zero-order chi connectivity index (χ0) is 15.0. The van der Waals surface area contributed by atoms with Crippen molar-refractivity contribution in [2.24, 2.45) is 0 Å². The molecule has 1 aromatic rings. The van der Waals surface area contributed by atoms with E-state index in [-0.39, 0.29) is 12.1 Å². The fraction of sp³-hybridized carbons (Fsp3) is 0.300. The molecule has 1 aromatic carbocycles.